The maximum atomic E-state index is 14.0. The van der Waals surface area contributed by atoms with E-state index >= 15 is 0 Å². The zero-order valence-corrected chi connectivity index (χ0v) is 20.1. The molecule has 5 rings (SSSR count). The van der Waals surface area contributed by atoms with Crippen LogP contribution in [0.5, 0.6) is 28.9 Å². The Morgan fingerprint density at radius 1 is 0.946 bits per heavy atom. The molecular weight excluding hydrogens is 481 g/mol. The predicted molar refractivity (Wildman–Crippen MR) is 131 cm³/mol. The van der Waals surface area contributed by atoms with Crippen molar-refractivity contribution in [1.29, 1.82) is 0 Å². The normalized spacial score (nSPS) is 18.2. The number of pyridine rings is 1. The number of nitrogens with one attached hydrogen (secondary N) is 2. The van der Waals surface area contributed by atoms with E-state index in [0.29, 0.717) is 42.9 Å². The lowest BCUT2D eigenvalue weighted by Crippen LogP contribution is -2.44. The van der Waals surface area contributed by atoms with Gasteiger partial charge in [0, 0.05) is 18.2 Å². The largest absolute Gasteiger partial charge is 0.507 e. The maximum absolute atomic E-state index is 14.0. The van der Waals surface area contributed by atoms with Crippen molar-refractivity contribution in [3.8, 4) is 28.9 Å². The number of phenolic OH excluding ortho intramolecular Hbond substituents is 1. The molecule has 2 aromatic carbocycles. The molecule has 2 amide bonds. The summed E-state index contributed by atoms with van der Waals surface area (Å²) in [6, 6.07) is 10.7. The Labute approximate surface area is 212 Å². The van der Waals surface area contributed by atoms with E-state index in [1.807, 2.05) is 6.92 Å². The molecule has 1 aliphatic carbocycles. The number of rotatable bonds is 6. The van der Waals surface area contributed by atoms with Crippen LogP contribution in [0.3, 0.4) is 0 Å². The first-order valence-corrected chi connectivity index (χ1v) is 12.0. The van der Waals surface area contributed by atoms with Crippen LogP contribution in [0.2, 0.25) is 0 Å². The molecule has 192 valence electrons. The van der Waals surface area contributed by atoms with Gasteiger partial charge in [0.05, 0.1) is 11.8 Å². The summed E-state index contributed by atoms with van der Waals surface area (Å²) >= 11 is 0. The fourth-order valence-electron chi connectivity index (χ4n) is 4.46. The molecule has 37 heavy (non-hydrogen) atoms. The van der Waals surface area contributed by atoms with Gasteiger partial charge in [-0.05, 0) is 62.9 Å². The van der Waals surface area contributed by atoms with Crippen LogP contribution < -0.4 is 24.8 Å². The number of amides is 2. The number of aromatic nitrogens is 1. The first-order valence-electron chi connectivity index (χ1n) is 12.0. The number of hydrogen-bond donors (Lipinski definition) is 3. The first-order chi connectivity index (χ1) is 17.9. The van der Waals surface area contributed by atoms with E-state index in [1.165, 1.54) is 6.07 Å². The molecule has 3 aromatic rings. The summed E-state index contributed by atoms with van der Waals surface area (Å²) in [5, 5.41) is 15.9. The van der Waals surface area contributed by atoms with Crippen LogP contribution in [0.15, 0.2) is 48.7 Å². The summed E-state index contributed by atoms with van der Waals surface area (Å²) in [7, 11) is 0. The Morgan fingerprint density at radius 2 is 1.62 bits per heavy atom. The summed E-state index contributed by atoms with van der Waals surface area (Å²) in [4.78, 5) is 29.6. The molecule has 10 heteroatoms. The number of aromatic hydroxyl groups is 1. The number of hydrogen-bond acceptors (Lipinski definition) is 7. The number of halogens is 1. The average Bonchev–Trinajstić information content (AvgIpc) is 3.35. The lowest BCUT2D eigenvalue weighted by atomic mass is 9.90. The minimum Gasteiger partial charge on any atom is -0.507 e. The fourth-order valence-corrected chi connectivity index (χ4v) is 4.46. The van der Waals surface area contributed by atoms with Crippen LogP contribution in [-0.2, 0) is 0 Å². The van der Waals surface area contributed by atoms with E-state index in [4.69, 9.17) is 14.2 Å². The van der Waals surface area contributed by atoms with E-state index in [1.54, 1.807) is 30.3 Å². The molecule has 0 spiro atoms. The maximum Gasteiger partial charge on any atom is 0.257 e. The number of fused-ring (bicyclic) bond motifs is 1. The Morgan fingerprint density at radius 3 is 2.35 bits per heavy atom. The Bertz CT molecular complexity index is 1340. The van der Waals surface area contributed by atoms with Crippen LogP contribution in [0.4, 0.5) is 4.39 Å². The molecule has 0 radical (unpaired) electrons. The summed E-state index contributed by atoms with van der Waals surface area (Å²) in [6.07, 6.45) is 3.52. The molecule has 9 nitrogen and oxygen atoms in total. The molecule has 1 aliphatic heterocycles. The Hall–Kier alpha value is -4.34. The van der Waals surface area contributed by atoms with Crippen molar-refractivity contribution in [2.24, 2.45) is 0 Å². The molecular formula is C27H26FN3O6. The van der Waals surface area contributed by atoms with Gasteiger partial charge >= 0.3 is 0 Å². The van der Waals surface area contributed by atoms with E-state index in [-0.39, 0.29) is 47.5 Å². The number of nitrogens with zero attached hydrogens (tertiary/aromatic N) is 1. The molecule has 0 unspecified atom stereocenters. The topological polar surface area (TPSA) is 119 Å². The van der Waals surface area contributed by atoms with Gasteiger partial charge in [-0.15, -0.1) is 0 Å². The molecule has 0 saturated heterocycles. The summed E-state index contributed by atoms with van der Waals surface area (Å²) < 4.78 is 30.4. The highest BCUT2D eigenvalue weighted by Crippen LogP contribution is 2.37. The van der Waals surface area contributed by atoms with Gasteiger partial charge in [0.2, 0.25) is 12.7 Å². The second kappa shape index (κ2) is 10.3. The van der Waals surface area contributed by atoms with Crippen molar-refractivity contribution in [3.05, 3.63) is 71.2 Å². The first kappa shape index (κ1) is 24.4. The highest BCUT2D eigenvalue weighted by atomic mass is 19.1. The Balaban J connectivity index is 1.19. The van der Waals surface area contributed by atoms with E-state index in [9.17, 15) is 19.1 Å². The van der Waals surface area contributed by atoms with Gasteiger partial charge in [0.15, 0.2) is 11.5 Å². The zero-order valence-electron chi connectivity index (χ0n) is 20.1. The van der Waals surface area contributed by atoms with Crippen molar-refractivity contribution in [2.75, 3.05) is 6.79 Å². The summed E-state index contributed by atoms with van der Waals surface area (Å²) in [6.45, 7) is 1.96. The lowest BCUT2D eigenvalue weighted by molar-refractivity contribution is 0.0888. The lowest BCUT2D eigenvalue weighted by Gasteiger charge is -2.30. The van der Waals surface area contributed by atoms with Crippen LogP contribution >= 0.6 is 0 Å². The molecule has 1 fully saturated rings. The zero-order chi connectivity index (χ0) is 25.9. The average molecular weight is 508 g/mol. The van der Waals surface area contributed by atoms with Gasteiger partial charge in [-0.2, -0.15) is 0 Å². The highest BCUT2D eigenvalue weighted by molar-refractivity contribution is 5.97. The van der Waals surface area contributed by atoms with Gasteiger partial charge in [-0.1, -0.05) is 11.6 Å². The van der Waals surface area contributed by atoms with E-state index in [2.05, 4.69) is 15.6 Å². The Kier molecular flexibility index (Phi) is 6.80. The molecule has 2 aliphatic rings. The number of aryl methyl sites for hydroxylation is 1. The SMILES string of the molecule is Cc1ccc(O)c(C(=O)NC2CCC(NC(=O)c3cc(F)cnc3Oc3ccc4c(c3)OCO4)CC2)c1. The van der Waals surface area contributed by atoms with Crippen LogP contribution in [0.1, 0.15) is 52.0 Å². The third-order valence-corrected chi connectivity index (χ3v) is 6.42. The van der Waals surface area contributed by atoms with E-state index in [0.717, 1.165) is 17.8 Å². The van der Waals surface area contributed by atoms with Crippen molar-refractivity contribution in [2.45, 2.75) is 44.7 Å². The fraction of sp³-hybridized carbons (Fsp3) is 0.296. The van der Waals surface area contributed by atoms with Gasteiger partial charge in [-0.25, -0.2) is 9.37 Å². The van der Waals surface area contributed by atoms with Crippen LogP contribution in [0.25, 0.3) is 0 Å². The van der Waals surface area contributed by atoms with Crippen molar-refractivity contribution in [1.82, 2.24) is 15.6 Å². The summed E-state index contributed by atoms with van der Waals surface area (Å²) in [5.41, 5.74) is 1.09. The number of carbonyl (C=O) groups excluding carboxylic acids is 2. The van der Waals surface area contributed by atoms with Crippen LogP contribution in [-0.4, -0.2) is 40.8 Å². The molecule has 1 saturated carbocycles. The van der Waals surface area contributed by atoms with Gasteiger partial charge in [0.25, 0.3) is 11.8 Å². The van der Waals surface area contributed by atoms with Crippen molar-refractivity contribution >= 4 is 11.8 Å². The van der Waals surface area contributed by atoms with Crippen molar-refractivity contribution in [3.63, 3.8) is 0 Å². The smallest absolute Gasteiger partial charge is 0.257 e. The molecule has 0 atom stereocenters. The predicted octanol–water partition coefficient (Wildman–Crippen LogP) is 4.23. The van der Waals surface area contributed by atoms with E-state index < -0.39 is 11.7 Å². The third-order valence-electron chi connectivity index (χ3n) is 6.42. The third kappa shape index (κ3) is 5.58. The van der Waals surface area contributed by atoms with Gasteiger partial charge < -0.3 is 30.0 Å². The monoisotopic (exact) mass is 507 g/mol. The second-order valence-electron chi connectivity index (χ2n) is 9.14. The second-order valence-corrected chi connectivity index (χ2v) is 9.14. The standard InChI is InChI=1S/C27H26FN3O6/c1-15-2-8-22(32)20(10-15)25(33)30-17-3-5-18(6-4-17)31-26(34)21-11-16(28)13-29-27(21)37-19-7-9-23-24(12-19)36-14-35-23/h2,7-13,17-18,32H,3-6,14H2,1H3,(H,30,33)(H,31,34). The number of carbonyl (C=O) groups is 2. The number of ether oxygens (including phenoxy) is 3. The molecule has 2 heterocycles. The minimum absolute atomic E-state index is 0.0250. The minimum atomic E-state index is -0.658. The molecule has 1 aromatic heterocycles. The van der Waals surface area contributed by atoms with Crippen LogP contribution in [0, 0.1) is 12.7 Å². The number of phenols is 1. The number of benzene rings is 2. The quantitative estimate of drug-likeness (QED) is 0.457. The highest BCUT2D eigenvalue weighted by Gasteiger charge is 2.26. The van der Waals surface area contributed by atoms with Crippen molar-refractivity contribution < 1.29 is 33.3 Å². The summed E-state index contributed by atoms with van der Waals surface area (Å²) in [5.74, 6) is -0.123. The van der Waals surface area contributed by atoms with Gasteiger partial charge in [0.1, 0.15) is 22.9 Å². The molecule has 3 N–H and O–H groups in total. The van der Waals surface area contributed by atoms with Gasteiger partial charge in [-0.3, -0.25) is 9.59 Å². The molecule has 0 bridgehead atoms.